The Morgan fingerprint density at radius 1 is 1.00 bits per heavy atom. The number of aromatic nitrogens is 1. The lowest BCUT2D eigenvalue weighted by atomic mass is 10.2. The summed E-state index contributed by atoms with van der Waals surface area (Å²) in [5.74, 6) is 0.797. The molecule has 2 aromatic heterocycles. The van der Waals surface area contributed by atoms with Gasteiger partial charge in [-0.05, 0) is 55.1 Å². The zero-order valence-electron chi connectivity index (χ0n) is 15.3. The molecule has 0 unspecified atom stereocenters. The molecule has 0 aliphatic carbocycles. The Morgan fingerprint density at radius 2 is 1.79 bits per heavy atom. The van der Waals surface area contributed by atoms with Gasteiger partial charge in [0.15, 0.2) is 10.8 Å². The van der Waals surface area contributed by atoms with Crippen molar-refractivity contribution in [1.82, 2.24) is 4.98 Å². The number of para-hydroxylation sites is 1. The summed E-state index contributed by atoms with van der Waals surface area (Å²) in [7, 11) is 0. The fourth-order valence-corrected chi connectivity index (χ4v) is 4.79. The first-order valence-electron chi connectivity index (χ1n) is 8.89. The Balaban J connectivity index is 1.43. The molecule has 1 fully saturated rings. The molecule has 0 N–H and O–H groups in total. The van der Waals surface area contributed by atoms with Crippen molar-refractivity contribution in [3.05, 3.63) is 76.9 Å². The smallest absolute Gasteiger partial charge is 0.298 e. The maximum Gasteiger partial charge on any atom is 0.298 e. The van der Waals surface area contributed by atoms with Crippen LogP contribution in [-0.2, 0) is 4.79 Å². The average molecular weight is 418 g/mol. The Kier molecular flexibility index (Phi) is 4.34. The number of nitrogens with zero attached hydrogens (tertiary/aromatic N) is 2. The summed E-state index contributed by atoms with van der Waals surface area (Å²) in [6.07, 6.45) is 1.61. The lowest BCUT2D eigenvalue weighted by molar-refractivity contribution is -0.113. The summed E-state index contributed by atoms with van der Waals surface area (Å²) >= 11 is 2.46. The Morgan fingerprint density at radius 3 is 2.59 bits per heavy atom. The van der Waals surface area contributed by atoms with Crippen LogP contribution in [0, 0.1) is 6.92 Å². The largest absolute Gasteiger partial charge is 0.454 e. The highest BCUT2D eigenvalue weighted by atomic mass is 32.2. The van der Waals surface area contributed by atoms with Crippen molar-refractivity contribution >= 4 is 56.2 Å². The normalized spacial score (nSPS) is 15.8. The first-order valence-corrected chi connectivity index (χ1v) is 10.5. The van der Waals surface area contributed by atoms with Crippen LogP contribution in [0.2, 0.25) is 0 Å². The second-order valence-corrected chi connectivity index (χ2v) is 8.57. The summed E-state index contributed by atoms with van der Waals surface area (Å²) < 4.78 is 6.96. The minimum atomic E-state index is -0.346. The van der Waals surface area contributed by atoms with Gasteiger partial charge < -0.3 is 4.42 Å². The van der Waals surface area contributed by atoms with Crippen molar-refractivity contribution in [2.24, 2.45) is 0 Å². The zero-order chi connectivity index (χ0) is 20.0. The molecular formula is C22H14N2O3S2. The molecule has 29 heavy (non-hydrogen) atoms. The molecule has 0 spiro atoms. The number of hydrogen-bond donors (Lipinski definition) is 0. The van der Waals surface area contributed by atoms with Crippen LogP contribution >= 0.6 is 23.1 Å². The number of carbonyl (C=O) groups is 2. The minimum Gasteiger partial charge on any atom is -0.454 e. The third-order valence-electron chi connectivity index (χ3n) is 4.49. The maximum atomic E-state index is 12.8. The number of carbonyl (C=O) groups excluding carboxylic acids is 2. The number of thioether (sulfide) groups is 1. The van der Waals surface area contributed by atoms with Crippen LogP contribution in [0.1, 0.15) is 11.3 Å². The molecule has 0 atom stereocenters. The van der Waals surface area contributed by atoms with Gasteiger partial charge in [-0.1, -0.05) is 29.8 Å². The Labute approximate surface area is 174 Å². The van der Waals surface area contributed by atoms with E-state index in [0.717, 1.165) is 32.5 Å². The molecule has 0 saturated carbocycles. The summed E-state index contributed by atoms with van der Waals surface area (Å²) in [6.45, 7) is 1.96. The van der Waals surface area contributed by atoms with Crippen LogP contribution < -0.4 is 4.90 Å². The SMILES string of the molecule is Cc1ccc(N2C(=O)S/C(=C\c3ccc(-c4nc5ccccc5s4)o3)C2=O)cc1. The number of anilines is 1. The number of rotatable bonds is 3. The molecule has 4 aromatic rings. The Hall–Kier alpha value is -3.16. The molecule has 5 rings (SSSR count). The lowest BCUT2D eigenvalue weighted by Crippen LogP contribution is -2.27. The van der Waals surface area contributed by atoms with Crippen molar-refractivity contribution in [3.8, 4) is 10.8 Å². The molecule has 0 bridgehead atoms. The highest BCUT2D eigenvalue weighted by Crippen LogP contribution is 2.37. The third kappa shape index (κ3) is 3.28. The van der Waals surface area contributed by atoms with Gasteiger partial charge >= 0.3 is 0 Å². The molecule has 2 aromatic carbocycles. The van der Waals surface area contributed by atoms with Gasteiger partial charge in [0, 0.05) is 6.08 Å². The number of furan rings is 1. The van der Waals surface area contributed by atoms with Crippen LogP contribution in [0.25, 0.3) is 27.1 Å². The molecule has 1 saturated heterocycles. The summed E-state index contributed by atoms with van der Waals surface area (Å²) in [5.41, 5.74) is 2.55. The number of hydrogen-bond acceptors (Lipinski definition) is 6. The molecule has 5 nitrogen and oxygen atoms in total. The van der Waals surface area contributed by atoms with E-state index < -0.39 is 0 Å². The third-order valence-corrected chi connectivity index (χ3v) is 6.41. The van der Waals surface area contributed by atoms with Gasteiger partial charge in [0.1, 0.15) is 5.76 Å². The number of amides is 2. The van der Waals surface area contributed by atoms with Gasteiger partial charge in [-0.2, -0.15) is 0 Å². The van der Waals surface area contributed by atoms with E-state index in [1.807, 2.05) is 49.4 Å². The first-order chi connectivity index (χ1) is 14.1. The van der Waals surface area contributed by atoms with E-state index in [-0.39, 0.29) is 11.1 Å². The first kappa shape index (κ1) is 17.9. The summed E-state index contributed by atoms with van der Waals surface area (Å²) in [4.78, 5) is 31.3. The predicted molar refractivity (Wildman–Crippen MR) is 117 cm³/mol. The van der Waals surface area contributed by atoms with Gasteiger partial charge in [0.2, 0.25) is 0 Å². The maximum absolute atomic E-state index is 12.8. The van der Waals surface area contributed by atoms with Crippen molar-refractivity contribution in [2.45, 2.75) is 6.92 Å². The standard InChI is InChI=1S/C22H14N2O3S2/c1-13-6-8-14(9-7-13)24-21(25)19(29-22(24)26)12-15-10-11-17(27-15)20-23-16-4-2-3-5-18(16)28-20/h2-12H,1H3/b19-12-. The number of aryl methyl sites for hydroxylation is 1. The Bertz CT molecular complexity index is 1250. The topological polar surface area (TPSA) is 63.4 Å². The number of fused-ring (bicyclic) bond motifs is 1. The van der Waals surface area contributed by atoms with E-state index in [1.165, 1.54) is 4.90 Å². The minimum absolute atomic E-state index is 0.317. The summed E-state index contributed by atoms with van der Waals surface area (Å²) in [6, 6.07) is 18.8. The van der Waals surface area contributed by atoms with Gasteiger partial charge in [-0.3, -0.25) is 9.59 Å². The molecule has 0 radical (unpaired) electrons. The van der Waals surface area contributed by atoms with Crippen LogP contribution in [0.5, 0.6) is 0 Å². The van der Waals surface area contributed by atoms with E-state index in [2.05, 4.69) is 4.98 Å². The van der Waals surface area contributed by atoms with Crippen LogP contribution in [-0.4, -0.2) is 16.1 Å². The van der Waals surface area contributed by atoms with Gasteiger partial charge in [-0.15, -0.1) is 11.3 Å². The molecule has 3 heterocycles. The number of imide groups is 1. The van der Waals surface area contributed by atoms with Crippen LogP contribution in [0.3, 0.4) is 0 Å². The van der Waals surface area contributed by atoms with E-state index >= 15 is 0 Å². The fraction of sp³-hybridized carbons (Fsp3) is 0.0455. The van der Waals surface area contributed by atoms with Crippen LogP contribution in [0.4, 0.5) is 10.5 Å². The number of benzene rings is 2. The van der Waals surface area contributed by atoms with Crippen molar-refractivity contribution < 1.29 is 14.0 Å². The van der Waals surface area contributed by atoms with Crippen molar-refractivity contribution in [2.75, 3.05) is 4.90 Å². The summed E-state index contributed by atoms with van der Waals surface area (Å²) in [5, 5.41) is 0.460. The molecule has 1 aliphatic rings. The molecular weight excluding hydrogens is 404 g/mol. The van der Waals surface area contributed by atoms with Crippen molar-refractivity contribution in [3.63, 3.8) is 0 Å². The highest BCUT2D eigenvalue weighted by Gasteiger charge is 2.36. The predicted octanol–water partition coefficient (Wildman–Crippen LogP) is 6.11. The monoisotopic (exact) mass is 418 g/mol. The van der Waals surface area contributed by atoms with E-state index in [4.69, 9.17) is 4.42 Å². The van der Waals surface area contributed by atoms with E-state index in [9.17, 15) is 9.59 Å². The van der Waals surface area contributed by atoms with E-state index in [0.29, 0.717) is 22.1 Å². The highest BCUT2D eigenvalue weighted by molar-refractivity contribution is 8.19. The molecule has 142 valence electrons. The van der Waals surface area contributed by atoms with E-state index in [1.54, 1.807) is 35.6 Å². The van der Waals surface area contributed by atoms with Crippen molar-refractivity contribution in [1.29, 1.82) is 0 Å². The number of thiazole rings is 1. The van der Waals surface area contributed by atoms with Gasteiger partial charge in [0.05, 0.1) is 20.8 Å². The van der Waals surface area contributed by atoms with Gasteiger partial charge in [-0.25, -0.2) is 9.88 Å². The fourth-order valence-electron chi connectivity index (χ4n) is 3.04. The molecule has 1 aliphatic heterocycles. The second-order valence-electron chi connectivity index (χ2n) is 6.54. The molecule has 2 amide bonds. The molecule has 7 heteroatoms. The quantitative estimate of drug-likeness (QED) is 0.376. The lowest BCUT2D eigenvalue weighted by Gasteiger charge is -2.12. The average Bonchev–Trinajstić information content (AvgIpc) is 3.41. The van der Waals surface area contributed by atoms with Crippen LogP contribution in [0.15, 0.2) is 70.0 Å². The van der Waals surface area contributed by atoms with Gasteiger partial charge in [0.25, 0.3) is 11.1 Å². The second kappa shape index (κ2) is 7.02. The zero-order valence-corrected chi connectivity index (χ0v) is 16.9.